The quantitative estimate of drug-likeness (QED) is 0.717. The molecule has 21 heavy (non-hydrogen) atoms. The summed E-state index contributed by atoms with van der Waals surface area (Å²) in [6, 6.07) is 7.35. The molecule has 7 heteroatoms. The van der Waals surface area contributed by atoms with Gasteiger partial charge in [0.1, 0.15) is 5.75 Å². The molecule has 0 saturated carbocycles. The molecule has 0 saturated heterocycles. The highest BCUT2D eigenvalue weighted by Crippen LogP contribution is 2.18. The molecule has 0 unspecified atom stereocenters. The Bertz CT molecular complexity index is 597. The second-order valence-corrected chi connectivity index (χ2v) is 4.47. The van der Waals surface area contributed by atoms with Crippen LogP contribution in [0.3, 0.4) is 0 Å². The molecule has 0 amide bonds. The number of carbonyl (C=O) groups excluding carboxylic acids is 1. The van der Waals surface area contributed by atoms with Gasteiger partial charge in [0, 0.05) is 12.1 Å². The van der Waals surface area contributed by atoms with Crippen LogP contribution in [0.1, 0.15) is 24.7 Å². The molecule has 0 aliphatic carbocycles. The lowest BCUT2D eigenvalue weighted by Gasteiger charge is -2.08. The number of methoxy groups -OCH3 is 1. The van der Waals surface area contributed by atoms with Gasteiger partial charge < -0.3 is 9.47 Å². The number of ether oxygens (including phenoxy) is 2. The van der Waals surface area contributed by atoms with Gasteiger partial charge >= 0.3 is 5.97 Å². The molecule has 1 aromatic heterocycles. The van der Waals surface area contributed by atoms with Gasteiger partial charge in [-0.05, 0) is 22.9 Å². The van der Waals surface area contributed by atoms with Crippen molar-refractivity contribution >= 4 is 5.97 Å². The van der Waals surface area contributed by atoms with Crippen molar-refractivity contribution in [2.24, 2.45) is 0 Å². The van der Waals surface area contributed by atoms with Crippen LogP contribution in [0, 0.1) is 0 Å². The van der Waals surface area contributed by atoms with E-state index in [1.165, 1.54) is 0 Å². The zero-order chi connectivity index (χ0) is 15.1. The van der Waals surface area contributed by atoms with Crippen LogP contribution in [0.25, 0.3) is 0 Å². The number of tetrazole rings is 1. The third-order valence-corrected chi connectivity index (χ3v) is 2.93. The number of esters is 1. The van der Waals surface area contributed by atoms with Crippen LogP contribution in [0.2, 0.25) is 0 Å². The highest BCUT2D eigenvalue weighted by molar-refractivity contribution is 5.73. The van der Waals surface area contributed by atoms with Crippen molar-refractivity contribution in [2.45, 2.75) is 32.9 Å². The smallest absolute Gasteiger partial charge is 0.310 e. The monoisotopic (exact) mass is 290 g/mol. The zero-order valence-corrected chi connectivity index (χ0v) is 12.2. The van der Waals surface area contributed by atoms with E-state index in [-0.39, 0.29) is 19.0 Å². The largest absolute Gasteiger partial charge is 0.496 e. The predicted octanol–water partition coefficient (Wildman–Crippen LogP) is 1.38. The molecule has 0 radical (unpaired) electrons. The van der Waals surface area contributed by atoms with Gasteiger partial charge in [0.25, 0.3) is 0 Å². The summed E-state index contributed by atoms with van der Waals surface area (Å²) in [5.74, 6) is 0.876. The van der Waals surface area contributed by atoms with E-state index >= 15 is 0 Å². The molecular formula is C14H18N4O3. The van der Waals surface area contributed by atoms with Crippen LogP contribution in [-0.4, -0.2) is 33.3 Å². The fraction of sp³-hybridized carbons (Fsp3) is 0.429. The van der Waals surface area contributed by atoms with E-state index in [0.29, 0.717) is 18.1 Å². The normalized spacial score (nSPS) is 10.4. The molecule has 0 bridgehead atoms. The molecule has 0 fully saturated rings. The van der Waals surface area contributed by atoms with Gasteiger partial charge in [-0.1, -0.05) is 25.1 Å². The van der Waals surface area contributed by atoms with Crippen molar-refractivity contribution < 1.29 is 14.3 Å². The van der Waals surface area contributed by atoms with Crippen LogP contribution in [0.5, 0.6) is 5.75 Å². The van der Waals surface area contributed by atoms with Crippen LogP contribution >= 0.6 is 0 Å². The first kappa shape index (κ1) is 15.0. The molecule has 0 aliphatic heterocycles. The molecule has 2 aromatic rings. The average molecular weight is 290 g/mol. The van der Waals surface area contributed by atoms with Crippen LogP contribution in [0.15, 0.2) is 24.3 Å². The summed E-state index contributed by atoms with van der Waals surface area (Å²) in [7, 11) is 1.57. The van der Waals surface area contributed by atoms with Crippen molar-refractivity contribution in [1.82, 2.24) is 20.2 Å². The number of aryl methyl sites for hydroxylation is 1. The molecule has 0 spiro atoms. The summed E-state index contributed by atoms with van der Waals surface area (Å²) in [5.41, 5.74) is 0.790. The minimum atomic E-state index is -0.342. The van der Waals surface area contributed by atoms with E-state index < -0.39 is 0 Å². The predicted molar refractivity (Wildman–Crippen MR) is 74.6 cm³/mol. The number of para-hydroxylation sites is 1. The van der Waals surface area contributed by atoms with Crippen molar-refractivity contribution in [3.63, 3.8) is 0 Å². The van der Waals surface area contributed by atoms with E-state index in [1.54, 1.807) is 11.8 Å². The van der Waals surface area contributed by atoms with Gasteiger partial charge in [0.15, 0.2) is 12.4 Å². The molecular weight excluding hydrogens is 272 g/mol. The summed E-state index contributed by atoms with van der Waals surface area (Å²) in [4.78, 5) is 11.9. The fourth-order valence-electron chi connectivity index (χ4n) is 1.91. The Balaban J connectivity index is 1.91. The Labute approximate surface area is 122 Å². The number of benzene rings is 1. The maximum Gasteiger partial charge on any atom is 0.310 e. The highest BCUT2D eigenvalue weighted by atomic mass is 16.5. The number of rotatable bonds is 7. The number of hydrogen-bond donors (Lipinski definition) is 0. The summed E-state index contributed by atoms with van der Waals surface area (Å²) in [5, 5.41) is 11.3. The Morgan fingerprint density at radius 1 is 1.33 bits per heavy atom. The average Bonchev–Trinajstić information content (AvgIpc) is 2.93. The molecule has 7 nitrogen and oxygen atoms in total. The van der Waals surface area contributed by atoms with Crippen molar-refractivity contribution in [1.29, 1.82) is 0 Å². The van der Waals surface area contributed by atoms with Crippen LogP contribution < -0.4 is 4.74 Å². The van der Waals surface area contributed by atoms with Crippen molar-refractivity contribution in [3.8, 4) is 5.75 Å². The summed E-state index contributed by atoms with van der Waals surface area (Å²) in [6.45, 7) is 2.80. The molecule has 0 aliphatic rings. The molecule has 1 heterocycles. The Morgan fingerprint density at radius 3 is 2.90 bits per heavy atom. The first-order valence-corrected chi connectivity index (χ1v) is 6.77. The second kappa shape index (κ2) is 7.37. The van der Waals surface area contributed by atoms with Gasteiger partial charge in [-0.3, -0.25) is 4.79 Å². The van der Waals surface area contributed by atoms with Gasteiger partial charge in [0.2, 0.25) is 0 Å². The van der Waals surface area contributed by atoms with Gasteiger partial charge in [-0.15, -0.1) is 5.10 Å². The topological polar surface area (TPSA) is 79.1 Å². The first-order valence-electron chi connectivity index (χ1n) is 6.77. The van der Waals surface area contributed by atoms with Gasteiger partial charge in [-0.25, -0.2) is 4.68 Å². The van der Waals surface area contributed by atoms with Gasteiger partial charge in [-0.2, -0.15) is 0 Å². The number of nitrogens with zero attached hydrogens (tertiary/aromatic N) is 4. The van der Waals surface area contributed by atoms with Gasteiger partial charge in [0.05, 0.1) is 13.5 Å². The summed E-state index contributed by atoms with van der Waals surface area (Å²) < 4.78 is 12.1. The fourth-order valence-corrected chi connectivity index (χ4v) is 1.91. The number of carbonyl (C=O) groups is 1. The third-order valence-electron chi connectivity index (χ3n) is 2.93. The number of aromatic nitrogens is 4. The molecule has 1 aromatic carbocycles. The zero-order valence-electron chi connectivity index (χ0n) is 12.2. The maximum absolute atomic E-state index is 11.9. The van der Waals surface area contributed by atoms with E-state index in [9.17, 15) is 4.79 Å². The second-order valence-electron chi connectivity index (χ2n) is 4.47. The minimum Gasteiger partial charge on any atom is -0.496 e. The van der Waals surface area contributed by atoms with Crippen molar-refractivity contribution in [2.75, 3.05) is 7.11 Å². The van der Waals surface area contributed by atoms with E-state index in [2.05, 4.69) is 15.5 Å². The van der Waals surface area contributed by atoms with Crippen LogP contribution in [-0.2, 0) is 29.1 Å². The van der Waals surface area contributed by atoms with E-state index in [1.807, 2.05) is 31.2 Å². The lowest BCUT2D eigenvalue weighted by molar-refractivity contribution is -0.144. The SMILES string of the molecule is CCCn1nnnc1COC(=O)Cc1ccccc1OC. The molecule has 0 atom stereocenters. The summed E-state index contributed by atoms with van der Waals surface area (Å²) >= 11 is 0. The molecule has 2 rings (SSSR count). The lowest BCUT2D eigenvalue weighted by atomic mass is 10.1. The standard InChI is InChI=1S/C14H18N4O3/c1-3-8-18-13(15-16-17-18)10-21-14(19)9-11-6-4-5-7-12(11)20-2/h4-7H,3,8-10H2,1-2H3. The lowest BCUT2D eigenvalue weighted by Crippen LogP contribution is -2.12. The first-order chi connectivity index (χ1) is 10.2. The molecule has 112 valence electrons. The highest BCUT2D eigenvalue weighted by Gasteiger charge is 2.12. The van der Waals surface area contributed by atoms with Crippen molar-refractivity contribution in [3.05, 3.63) is 35.7 Å². The van der Waals surface area contributed by atoms with E-state index in [4.69, 9.17) is 9.47 Å². The van der Waals surface area contributed by atoms with E-state index in [0.717, 1.165) is 12.0 Å². The number of hydrogen-bond acceptors (Lipinski definition) is 6. The maximum atomic E-state index is 11.9. The Hall–Kier alpha value is -2.44. The Kier molecular flexibility index (Phi) is 5.25. The minimum absolute atomic E-state index is 0.0704. The Morgan fingerprint density at radius 2 is 2.14 bits per heavy atom. The van der Waals surface area contributed by atoms with Crippen LogP contribution in [0.4, 0.5) is 0 Å². The molecule has 0 N–H and O–H groups in total. The summed E-state index contributed by atoms with van der Waals surface area (Å²) in [6.07, 6.45) is 1.06. The third kappa shape index (κ3) is 4.01.